The molecule has 0 bridgehead atoms. The van der Waals surface area contributed by atoms with Gasteiger partial charge in [0.1, 0.15) is 18.9 Å². The molecule has 31 heavy (non-hydrogen) atoms. The number of hydrogen-bond acceptors (Lipinski definition) is 4. The van der Waals surface area contributed by atoms with E-state index in [4.69, 9.17) is 9.47 Å². The van der Waals surface area contributed by atoms with Gasteiger partial charge in [-0.1, -0.05) is 30.3 Å². The Labute approximate surface area is 182 Å². The predicted molar refractivity (Wildman–Crippen MR) is 121 cm³/mol. The van der Waals surface area contributed by atoms with Crippen LogP contribution < -0.4 is 14.8 Å². The molecule has 2 aromatic carbocycles. The van der Waals surface area contributed by atoms with E-state index < -0.39 is 0 Å². The fourth-order valence-electron chi connectivity index (χ4n) is 4.58. The lowest BCUT2D eigenvalue weighted by atomic mass is 9.90. The molecule has 0 radical (unpaired) electrons. The number of nitrogens with one attached hydrogen (secondary N) is 2. The number of H-pyrrole nitrogens is 1. The molecule has 162 valence electrons. The number of carbonyl (C=O) groups is 1. The van der Waals surface area contributed by atoms with Crippen molar-refractivity contribution in [3.63, 3.8) is 0 Å². The normalized spacial score (nSPS) is 17.0. The van der Waals surface area contributed by atoms with Gasteiger partial charge in [-0.15, -0.1) is 0 Å². The van der Waals surface area contributed by atoms with Crippen molar-refractivity contribution in [2.24, 2.45) is 5.92 Å². The summed E-state index contributed by atoms with van der Waals surface area (Å²) in [4.78, 5) is 18.3. The fourth-order valence-corrected chi connectivity index (χ4v) is 4.58. The van der Waals surface area contributed by atoms with Gasteiger partial charge in [0, 0.05) is 30.1 Å². The maximum atomic E-state index is 12.6. The zero-order valence-corrected chi connectivity index (χ0v) is 17.7. The number of piperidine rings is 1. The molecule has 3 aromatic rings. The number of ether oxygens (including phenoxy) is 2. The summed E-state index contributed by atoms with van der Waals surface area (Å²) in [6, 6.07) is 16.5. The van der Waals surface area contributed by atoms with Crippen LogP contribution in [0, 0.1) is 5.92 Å². The first-order valence-electron chi connectivity index (χ1n) is 11.2. The lowest BCUT2D eigenvalue weighted by molar-refractivity contribution is 0.0940. The zero-order chi connectivity index (χ0) is 21.0. The maximum absolute atomic E-state index is 12.6. The Balaban J connectivity index is 1.09. The van der Waals surface area contributed by atoms with Crippen molar-refractivity contribution in [3.8, 4) is 11.5 Å². The predicted octanol–water partition coefficient (Wildman–Crippen LogP) is 3.62. The van der Waals surface area contributed by atoms with E-state index in [1.54, 1.807) is 0 Å². The highest BCUT2D eigenvalue weighted by Gasteiger charge is 2.20. The molecule has 1 saturated heterocycles. The number of aromatic amines is 1. The van der Waals surface area contributed by atoms with Gasteiger partial charge in [-0.05, 0) is 56.0 Å². The molecular formula is C25H29N3O3. The molecule has 6 heteroatoms. The molecule has 0 unspecified atom stereocenters. The Morgan fingerprint density at radius 3 is 2.55 bits per heavy atom. The van der Waals surface area contributed by atoms with Gasteiger partial charge in [0.25, 0.3) is 5.91 Å². The van der Waals surface area contributed by atoms with Gasteiger partial charge in [-0.3, -0.25) is 4.79 Å². The van der Waals surface area contributed by atoms with Crippen LogP contribution in [-0.2, 0) is 6.42 Å². The van der Waals surface area contributed by atoms with Crippen molar-refractivity contribution in [2.75, 3.05) is 39.4 Å². The molecule has 2 aliphatic rings. The SMILES string of the molecule is O=C(NCCN1CCC(Cc2ccccc2)CC1)c1cc2cc3c(cc2[nH]1)OCCO3. The Hall–Kier alpha value is -2.99. The fraction of sp³-hybridized carbons (Fsp3) is 0.400. The molecule has 0 spiro atoms. The van der Waals surface area contributed by atoms with Gasteiger partial charge in [0.05, 0.1) is 0 Å². The van der Waals surface area contributed by atoms with E-state index >= 15 is 0 Å². The second-order valence-electron chi connectivity index (χ2n) is 8.50. The molecule has 6 nitrogen and oxygen atoms in total. The van der Waals surface area contributed by atoms with Gasteiger partial charge in [-0.2, -0.15) is 0 Å². The number of fused-ring (bicyclic) bond motifs is 2. The van der Waals surface area contributed by atoms with Crippen LogP contribution in [0.15, 0.2) is 48.5 Å². The zero-order valence-electron chi connectivity index (χ0n) is 17.7. The summed E-state index contributed by atoms with van der Waals surface area (Å²) in [5.41, 5.74) is 2.89. The molecule has 0 saturated carbocycles. The highest BCUT2D eigenvalue weighted by molar-refractivity contribution is 5.98. The quantitative estimate of drug-likeness (QED) is 0.640. The Kier molecular flexibility index (Phi) is 5.80. The van der Waals surface area contributed by atoms with E-state index in [1.807, 2.05) is 18.2 Å². The van der Waals surface area contributed by atoms with Crippen LogP contribution in [0.5, 0.6) is 11.5 Å². The van der Waals surface area contributed by atoms with Crippen molar-refractivity contribution < 1.29 is 14.3 Å². The molecular weight excluding hydrogens is 390 g/mol. The smallest absolute Gasteiger partial charge is 0.267 e. The summed E-state index contributed by atoms with van der Waals surface area (Å²) >= 11 is 0. The summed E-state index contributed by atoms with van der Waals surface area (Å²) in [5.74, 6) is 2.15. The maximum Gasteiger partial charge on any atom is 0.267 e. The second kappa shape index (κ2) is 9.02. The van der Waals surface area contributed by atoms with Crippen LogP contribution in [0.2, 0.25) is 0 Å². The molecule has 0 atom stereocenters. The van der Waals surface area contributed by atoms with Crippen molar-refractivity contribution in [2.45, 2.75) is 19.3 Å². The summed E-state index contributed by atoms with van der Waals surface area (Å²) in [6.07, 6.45) is 3.62. The van der Waals surface area contributed by atoms with E-state index in [-0.39, 0.29) is 5.91 Å². The van der Waals surface area contributed by atoms with E-state index in [1.165, 1.54) is 24.8 Å². The number of likely N-dealkylation sites (tertiary alicyclic amines) is 1. The molecule has 1 fully saturated rings. The first-order valence-corrected chi connectivity index (χ1v) is 11.2. The van der Waals surface area contributed by atoms with Crippen molar-refractivity contribution in [3.05, 3.63) is 59.8 Å². The molecule has 0 aliphatic carbocycles. The van der Waals surface area contributed by atoms with Gasteiger partial charge < -0.3 is 24.7 Å². The molecule has 1 amide bonds. The third-order valence-electron chi connectivity index (χ3n) is 6.32. The molecule has 2 aliphatic heterocycles. The van der Waals surface area contributed by atoms with E-state index in [9.17, 15) is 4.79 Å². The summed E-state index contributed by atoms with van der Waals surface area (Å²) < 4.78 is 11.3. The van der Waals surface area contributed by atoms with Gasteiger partial charge in [0.2, 0.25) is 0 Å². The van der Waals surface area contributed by atoms with Crippen molar-refractivity contribution in [1.82, 2.24) is 15.2 Å². The number of aromatic nitrogens is 1. The number of benzene rings is 2. The number of nitrogens with zero attached hydrogens (tertiary/aromatic N) is 1. The Bertz CT molecular complexity index is 996. The third-order valence-corrected chi connectivity index (χ3v) is 6.32. The Morgan fingerprint density at radius 2 is 1.77 bits per heavy atom. The van der Waals surface area contributed by atoms with Crippen molar-refractivity contribution >= 4 is 16.8 Å². The first kappa shape index (κ1) is 19.9. The van der Waals surface area contributed by atoms with Crippen LogP contribution >= 0.6 is 0 Å². The lowest BCUT2D eigenvalue weighted by Crippen LogP contribution is -2.40. The topological polar surface area (TPSA) is 66.6 Å². The standard InChI is InChI=1S/C25H29N3O3/c29-25(22-15-20-16-23-24(17-21(20)27-22)31-13-12-30-23)26-8-11-28-9-6-19(7-10-28)14-18-4-2-1-3-5-18/h1-5,15-17,19,27H,6-14H2,(H,26,29). The monoisotopic (exact) mass is 419 g/mol. The lowest BCUT2D eigenvalue weighted by Gasteiger charge is -2.32. The van der Waals surface area contributed by atoms with Crippen LogP contribution in [0.4, 0.5) is 0 Å². The summed E-state index contributed by atoms with van der Waals surface area (Å²) in [5, 5.41) is 4.01. The number of rotatable bonds is 6. The van der Waals surface area contributed by atoms with Crippen LogP contribution in [0.1, 0.15) is 28.9 Å². The van der Waals surface area contributed by atoms with Crippen molar-refractivity contribution in [1.29, 1.82) is 0 Å². The number of hydrogen-bond donors (Lipinski definition) is 2. The molecule has 1 aromatic heterocycles. The van der Waals surface area contributed by atoms with Gasteiger partial charge in [0.15, 0.2) is 11.5 Å². The highest BCUT2D eigenvalue weighted by atomic mass is 16.6. The molecule has 5 rings (SSSR count). The molecule has 3 heterocycles. The average molecular weight is 420 g/mol. The van der Waals surface area contributed by atoms with Crippen LogP contribution in [-0.4, -0.2) is 55.2 Å². The van der Waals surface area contributed by atoms with E-state index in [0.29, 0.717) is 25.5 Å². The highest BCUT2D eigenvalue weighted by Crippen LogP contribution is 2.34. The number of amides is 1. The average Bonchev–Trinajstić information content (AvgIpc) is 3.22. The molecule has 2 N–H and O–H groups in total. The number of carbonyl (C=O) groups excluding carboxylic acids is 1. The minimum Gasteiger partial charge on any atom is -0.486 e. The minimum absolute atomic E-state index is 0.0741. The summed E-state index contributed by atoms with van der Waals surface area (Å²) in [6.45, 7) is 4.85. The minimum atomic E-state index is -0.0741. The van der Waals surface area contributed by atoms with Gasteiger partial charge >= 0.3 is 0 Å². The van der Waals surface area contributed by atoms with E-state index in [0.717, 1.165) is 48.0 Å². The van der Waals surface area contributed by atoms with E-state index in [2.05, 4.69) is 45.5 Å². The summed E-state index contributed by atoms with van der Waals surface area (Å²) in [7, 11) is 0. The first-order chi connectivity index (χ1) is 15.2. The Morgan fingerprint density at radius 1 is 1.03 bits per heavy atom. The third kappa shape index (κ3) is 4.69. The second-order valence-corrected chi connectivity index (χ2v) is 8.50. The van der Waals surface area contributed by atoms with Crippen LogP contribution in [0.25, 0.3) is 10.9 Å². The largest absolute Gasteiger partial charge is 0.486 e. The van der Waals surface area contributed by atoms with Crippen LogP contribution in [0.3, 0.4) is 0 Å². The van der Waals surface area contributed by atoms with Gasteiger partial charge in [-0.25, -0.2) is 0 Å².